The zero-order valence-electron chi connectivity index (χ0n) is 11.1. The van der Waals surface area contributed by atoms with Crippen molar-refractivity contribution in [2.75, 3.05) is 13.2 Å². The highest BCUT2D eigenvalue weighted by atomic mass is 17.1. The Morgan fingerprint density at radius 2 is 2.10 bits per heavy atom. The Morgan fingerprint density at radius 1 is 1.35 bits per heavy atom. The molecule has 2 rings (SSSR count). The van der Waals surface area contributed by atoms with Crippen LogP contribution >= 0.6 is 0 Å². The molecule has 0 saturated carbocycles. The number of aryl methyl sites for hydroxylation is 1. The van der Waals surface area contributed by atoms with Crippen LogP contribution in [0.3, 0.4) is 0 Å². The quantitative estimate of drug-likeness (QED) is 0.391. The number of furan rings is 1. The van der Waals surface area contributed by atoms with Gasteiger partial charge in [-0.2, -0.15) is 0 Å². The number of fused-ring (bicyclic) bond motifs is 1. The SMILES string of the molecule is CCOC(=O)c1oc2cccc(C(=O)COO)c2c1C. The molecule has 0 aliphatic carbocycles. The second-order valence-electron chi connectivity index (χ2n) is 4.15. The number of rotatable bonds is 5. The molecule has 0 saturated heterocycles. The number of hydrogen-bond acceptors (Lipinski definition) is 6. The molecule has 6 heteroatoms. The fourth-order valence-electron chi connectivity index (χ4n) is 2.06. The van der Waals surface area contributed by atoms with Crippen molar-refractivity contribution in [2.24, 2.45) is 0 Å². The smallest absolute Gasteiger partial charge is 0.374 e. The van der Waals surface area contributed by atoms with Crippen molar-refractivity contribution in [1.29, 1.82) is 0 Å². The molecule has 1 aromatic heterocycles. The maximum Gasteiger partial charge on any atom is 0.374 e. The minimum Gasteiger partial charge on any atom is -0.460 e. The van der Waals surface area contributed by atoms with Gasteiger partial charge in [-0.15, -0.1) is 0 Å². The minimum absolute atomic E-state index is 0.0759. The molecule has 0 aliphatic heterocycles. The Morgan fingerprint density at radius 3 is 2.75 bits per heavy atom. The summed E-state index contributed by atoms with van der Waals surface area (Å²) in [6.07, 6.45) is 0. The van der Waals surface area contributed by atoms with E-state index in [9.17, 15) is 9.59 Å². The zero-order chi connectivity index (χ0) is 14.7. The first-order chi connectivity index (χ1) is 9.60. The summed E-state index contributed by atoms with van der Waals surface area (Å²) < 4.78 is 10.4. The van der Waals surface area contributed by atoms with Crippen LogP contribution in [-0.2, 0) is 9.62 Å². The maximum atomic E-state index is 11.9. The lowest BCUT2D eigenvalue weighted by atomic mass is 10.0. The van der Waals surface area contributed by atoms with Gasteiger partial charge in [0, 0.05) is 16.5 Å². The third-order valence-corrected chi connectivity index (χ3v) is 2.91. The second-order valence-corrected chi connectivity index (χ2v) is 4.15. The maximum absolute atomic E-state index is 11.9. The molecule has 2 aromatic rings. The molecule has 0 bridgehead atoms. The van der Waals surface area contributed by atoms with Crippen LogP contribution in [0.2, 0.25) is 0 Å². The van der Waals surface area contributed by atoms with Crippen molar-refractivity contribution in [3.63, 3.8) is 0 Å². The standard InChI is InChI=1S/C14H14O6/c1-3-18-14(16)13-8(2)12-9(10(15)7-19-17)5-4-6-11(12)20-13/h4-6,17H,3,7H2,1-2H3. The highest BCUT2D eigenvalue weighted by molar-refractivity contribution is 6.10. The summed E-state index contributed by atoms with van der Waals surface area (Å²) >= 11 is 0. The van der Waals surface area contributed by atoms with Gasteiger partial charge >= 0.3 is 5.97 Å². The summed E-state index contributed by atoms with van der Waals surface area (Å²) in [6, 6.07) is 4.87. The summed E-state index contributed by atoms with van der Waals surface area (Å²) in [6.45, 7) is 3.15. The van der Waals surface area contributed by atoms with Gasteiger partial charge < -0.3 is 9.15 Å². The van der Waals surface area contributed by atoms with Crippen molar-refractivity contribution in [1.82, 2.24) is 0 Å². The Labute approximate surface area is 114 Å². The number of carbonyl (C=O) groups is 2. The van der Waals surface area contributed by atoms with Crippen molar-refractivity contribution in [3.8, 4) is 0 Å². The van der Waals surface area contributed by atoms with E-state index in [-0.39, 0.29) is 12.4 Å². The molecule has 0 fully saturated rings. The van der Waals surface area contributed by atoms with E-state index in [0.717, 1.165) is 0 Å². The number of carbonyl (C=O) groups excluding carboxylic acids is 2. The molecular formula is C14H14O6. The Bertz CT molecular complexity index is 655. The van der Waals surface area contributed by atoms with Gasteiger partial charge in [0.1, 0.15) is 12.2 Å². The number of Topliss-reactive ketones (excluding diaryl/α,β-unsaturated/α-hetero) is 1. The van der Waals surface area contributed by atoms with Gasteiger partial charge in [0.15, 0.2) is 5.78 Å². The minimum atomic E-state index is -0.571. The van der Waals surface area contributed by atoms with Crippen LogP contribution in [0.1, 0.15) is 33.4 Å². The van der Waals surface area contributed by atoms with Crippen LogP contribution in [0.25, 0.3) is 11.0 Å². The van der Waals surface area contributed by atoms with Crippen LogP contribution in [0.5, 0.6) is 0 Å². The molecule has 1 heterocycles. The second kappa shape index (κ2) is 5.85. The molecule has 1 N–H and O–H groups in total. The van der Waals surface area contributed by atoms with Crippen LogP contribution in [0.4, 0.5) is 0 Å². The fraction of sp³-hybridized carbons (Fsp3) is 0.286. The molecule has 0 amide bonds. The van der Waals surface area contributed by atoms with Gasteiger partial charge in [0.05, 0.1) is 6.61 Å². The summed E-state index contributed by atoms with van der Waals surface area (Å²) in [4.78, 5) is 27.5. The van der Waals surface area contributed by atoms with Gasteiger partial charge in [-0.25, -0.2) is 9.68 Å². The first kappa shape index (κ1) is 14.2. The molecule has 106 valence electrons. The van der Waals surface area contributed by atoms with Gasteiger partial charge in [-0.05, 0) is 19.9 Å². The number of hydrogen-bond donors (Lipinski definition) is 1. The fourth-order valence-corrected chi connectivity index (χ4v) is 2.06. The summed E-state index contributed by atoms with van der Waals surface area (Å²) in [5.41, 5.74) is 1.27. The number of benzene rings is 1. The molecule has 0 unspecified atom stereocenters. The summed E-state index contributed by atoms with van der Waals surface area (Å²) in [7, 11) is 0. The van der Waals surface area contributed by atoms with Crippen molar-refractivity contribution >= 4 is 22.7 Å². The van der Waals surface area contributed by atoms with Gasteiger partial charge in [-0.1, -0.05) is 12.1 Å². The first-order valence-electron chi connectivity index (χ1n) is 6.09. The van der Waals surface area contributed by atoms with Gasteiger partial charge in [0.2, 0.25) is 5.76 Å². The topological polar surface area (TPSA) is 86.0 Å². The Hall–Kier alpha value is -2.18. The lowest BCUT2D eigenvalue weighted by Gasteiger charge is -2.01. The number of esters is 1. The molecule has 0 atom stereocenters. The molecule has 0 spiro atoms. The van der Waals surface area contributed by atoms with E-state index < -0.39 is 18.4 Å². The Balaban J connectivity index is 2.57. The predicted molar refractivity (Wildman–Crippen MR) is 69.8 cm³/mol. The predicted octanol–water partition coefficient (Wildman–Crippen LogP) is 2.59. The van der Waals surface area contributed by atoms with Crippen molar-refractivity contribution in [3.05, 3.63) is 35.1 Å². The normalized spacial score (nSPS) is 10.8. The zero-order valence-corrected chi connectivity index (χ0v) is 11.1. The monoisotopic (exact) mass is 278 g/mol. The third-order valence-electron chi connectivity index (χ3n) is 2.91. The third kappa shape index (κ3) is 2.43. The average Bonchev–Trinajstić information content (AvgIpc) is 2.77. The Kier molecular flexibility index (Phi) is 4.16. The van der Waals surface area contributed by atoms with Crippen LogP contribution in [-0.4, -0.2) is 30.2 Å². The molecule has 0 aliphatic rings. The van der Waals surface area contributed by atoms with Crippen LogP contribution in [0.15, 0.2) is 22.6 Å². The van der Waals surface area contributed by atoms with Crippen molar-refractivity contribution in [2.45, 2.75) is 13.8 Å². The van der Waals surface area contributed by atoms with Gasteiger partial charge in [-0.3, -0.25) is 10.1 Å². The van der Waals surface area contributed by atoms with E-state index in [1.807, 2.05) is 0 Å². The van der Waals surface area contributed by atoms with Crippen LogP contribution < -0.4 is 0 Å². The van der Waals surface area contributed by atoms with E-state index >= 15 is 0 Å². The number of ketones is 1. The molecular weight excluding hydrogens is 264 g/mol. The van der Waals surface area contributed by atoms with E-state index in [1.165, 1.54) is 0 Å². The average molecular weight is 278 g/mol. The largest absolute Gasteiger partial charge is 0.460 e. The van der Waals surface area contributed by atoms with Crippen LogP contribution in [0, 0.1) is 6.92 Å². The molecule has 0 radical (unpaired) electrons. The molecule has 1 aromatic carbocycles. The highest BCUT2D eigenvalue weighted by Crippen LogP contribution is 2.29. The number of ether oxygens (including phenoxy) is 1. The summed E-state index contributed by atoms with van der Waals surface area (Å²) in [5.74, 6) is -0.901. The van der Waals surface area contributed by atoms with E-state index in [4.69, 9.17) is 14.4 Å². The highest BCUT2D eigenvalue weighted by Gasteiger charge is 2.22. The lowest BCUT2D eigenvalue weighted by molar-refractivity contribution is -0.230. The van der Waals surface area contributed by atoms with E-state index in [1.54, 1.807) is 32.0 Å². The van der Waals surface area contributed by atoms with Gasteiger partial charge in [0.25, 0.3) is 0 Å². The first-order valence-corrected chi connectivity index (χ1v) is 6.09. The van der Waals surface area contributed by atoms with E-state index in [0.29, 0.717) is 22.1 Å². The van der Waals surface area contributed by atoms with Crippen molar-refractivity contribution < 1.29 is 28.9 Å². The molecule has 6 nitrogen and oxygen atoms in total. The van der Waals surface area contributed by atoms with E-state index in [2.05, 4.69) is 4.89 Å². The lowest BCUT2D eigenvalue weighted by Crippen LogP contribution is -2.08. The molecule has 20 heavy (non-hydrogen) atoms. The summed E-state index contributed by atoms with van der Waals surface area (Å²) in [5, 5.41) is 8.91.